The highest BCUT2D eigenvalue weighted by Gasteiger charge is 2.48. The Labute approximate surface area is 385 Å². The Hall–Kier alpha value is -8.02. The monoisotopic (exact) mass is 847 g/mol. The van der Waals surface area contributed by atoms with E-state index in [4.69, 9.17) is 4.42 Å². The Morgan fingerprint density at radius 1 is 0.530 bits per heavy atom. The van der Waals surface area contributed by atoms with Crippen molar-refractivity contribution in [2.45, 2.75) is 32.6 Å². The quantitative estimate of drug-likeness (QED) is 0.101. The predicted octanol–water partition coefficient (Wildman–Crippen LogP) is 15.3. The Morgan fingerprint density at radius 2 is 1.14 bits per heavy atom. The summed E-state index contributed by atoms with van der Waals surface area (Å²) in [6.45, 7) is 2.02. The van der Waals surface area contributed by atoms with Crippen LogP contribution in [0, 0.1) is 0 Å². The van der Waals surface area contributed by atoms with Crippen LogP contribution in [0.3, 0.4) is 0 Å². The fraction of sp³-hybridized carbons (Fsp3) is 0.0820. The molecule has 2 aromatic heterocycles. The van der Waals surface area contributed by atoms with Crippen LogP contribution in [0.2, 0.25) is 0 Å². The molecule has 0 atom stereocenters. The Kier molecular flexibility index (Phi) is 9.09. The normalized spacial score (nSPS) is 12.5. The first-order valence-corrected chi connectivity index (χ1v) is 23.4. The Morgan fingerprint density at radius 3 is 1.80 bits per heavy atom. The summed E-state index contributed by atoms with van der Waals surface area (Å²) in [7, 11) is 0. The standard InChI is InChI=1S/C61H46BN3O/c1-2-3-8-19-41-30-34-48(35-31-41)65-54-29-18-17-28-49(54)50-40-55(63(46-24-13-6-14-25-46)47-26-15-7-16-27-47)57-51-38-44(42-20-9-4-10-21-42)32-36-53(51)64-59-52-39-45(43-22-11-5-12-23-43)33-37-56(52)66-61(59)62(65)58(50)60(57)64/h4-7,9-18,20-40H,2-3,8,19H2,1H3. The molecule has 0 saturated carbocycles. The first kappa shape index (κ1) is 38.4. The molecule has 0 fully saturated rings. The van der Waals surface area contributed by atoms with Crippen molar-refractivity contribution in [3.63, 3.8) is 0 Å². The number of benzene rings is 9. The van der Waals surface area contributed by atoms with Crippen LogP contribution < -0.4 is 20.8 Å². The summed E-state index contributed by atoms with van der Waals surface area (Å²) in [5.41, 5.74) is 20.7. The van der Waals surface area contributed by atoms with Crippen molar-refractivity contribution in [3.8, 4) is 39.1 Å². The maximum atomic E-state index is 7.37. The molecule has 0 spiro atoms. The van der Waals surface area contributed by atoms with Gasteiger partial charge in [-0.2, -0.15) is 0 Å². The van der Waals surface area contributed by atoms with E-state index in [1.807, 2.05) is 0 Å². The SMILES string of the molecule is CCCCCc1ccc(N2B3c4oc5ccc(-c6ccccc6)cc5c4-n4c5ccc(-c6ccccc6)cc5c5c(N(c6ccccc6)c6ccccc6)cc(c3c54)-c3ccccc32)cc1. The topological polar surface area (TPSA) is 24.6 Å². The molecule has 66 heavy (non-hydrogen) atoms. The summed E-state index contributed by atoms with van der Waals surface area (Å²) in [5.74, 6) is 0. The Bertz CT molecular complexity index is 3560. The van der Waals surface area contributed by atoms with Gasteiger partial charge in [0.25, 0.3) is 0 Å². The summed E-state index contributed by atoms with van der Waals surface area (Å²) in [5, 5.41) is 3.51. The number of hydrogen-bond donors (Lipinski definition) is 0. The molecule has 0 radical (unpaired) electrons. The van der Waals surface area contributed by atoms with Gasteiger partial charge in [-0.1, -0.05) is 159 Å². The maximum Gasteiger partial charge on any atom is 0.375 e. The molecule has 0 amide bonds. The number of aromatic nitrogens is 1. The average Bonchev–Trinajstić information content (AvgIpc) is 3.93. The smallest absolute Gasteiger partial charge is 0.375 e. The minimum Gasteiger partial charge on any atom is -0.466 e. The van der Waals surface area contributed by atoms with Crippen LogP contribution in [-0.2, 0) is 6.42 Å². The molecule has 11 aromatic rings. The molecule has 4 heterocycles. The predicted molar refractivity (Wildman–Crippen MR) is 278 cm³/mol. The summed E-state index contributed by atoms with van der Waals surface area (Å²) in [6.07, 6.45) is 4.74. The number of nitrogens with zero attached hydrogens (tertiary/aromatic N) is 3. The fourth-order valence-electron chi connectivity index (χ4n) is 11.0. The largest absolute Gasteiger partial charge is 0.466 e. The number of rotatable bonds is 10. The van der Waals surface area contributed by atoms with E-state index in [1.54, 1.807) is 0 Å². The lowest BCUT2D eigenvalue weighted by Crippen LogP contribution is -2.60. The molecule has 2 aliphatic rings. The van der Waals surface area contributed by atoms with Gasteiger partial charge < -0.3 is 18.7 Å². The van der Waals surface area contributed by atoms with Gasteiger partial charge in [-0.15, -0.1) is 0 Å². The number of unbranched alkanes of at least 4 members (excludes halogenated alkanes) is 2. The Balaban J connectivity index is 1.19. The molecule has 0 saturated heterocycles. The molecule has 0 bridgehead atoms. The molecule has 2 aliphatic heterocycles. The van der Waals surface area contributed by atoms with E-state index in [9.17, 15) is 0 Å². The molecular formula is C61H46BN3O. The molecule has 0 N–H and O–H groups in total. The van der Waals surface area contributed by atoms with E-state index >= 15 is 0 Å². The molecule has 4 nitrogen and oxygen atoms in total. The summed E-state index contributed by atoms with van der Waals surface area (Å²) >= 11 is 0. The molecule has 314 valence electrons. The van der Waals surface area contributed by atoms with Crippen molar-refractivity contribution in [1.29, 1.82) is 0 Å². The summed E-state index contributed by atoms with van der Waals surface area (Å²) in [6, 6.07) is 77.9. The lowest BCUT2D eigenvalue weighted by molar-refractivity contribution is 0.648. The lowest BCUT2D eigenvalue weighted by atomic mass is 9.46. The second-order valence-electron chi connectivity index (χ2n) is 17.8. The van der Waals surface area contributed by atoms with Crippen LogP contribution in [0.25, 0.3) is 71.8 Å². The van der Waals surface area contributed by atoms with Crippen molar-refractivity contribution in [3.05, 3.63) is 218 Å². The van der Waals surface area contributed by atoms with Crippen LogP contribution in [0.15, 0.2) is 217 Å². The number of aryl methyl sites for hydroxylation is 1. The van der Waals surface area contributed by atoms with Crippen LogP contribution in [0.1, 0.15) is 31.7 Å². The lowest BCUT2D eigenvalue weighted by Gasteiger charge is -2.41. The van der Waals surface area contributed by atoms with Crippen LogP contribution >= 0.6 is 0 Å². The van der Waals surface area contributed by atoms with Gasteiger partial charge in [0.1, 0.15) is 11.2 Å². The highest BCUT2D eigenvalue weighted by molar-refractivity contribution is 6.93. The van der Waals surface area contributed by atoms with Crippen molar-refractivity contribution >= 4 is 79.2 Å². The van der Waals surface area contributed by atoms with Gasteiger partial charge in [0.05, 0.1) is 22.4 Å². The third-order valence-corrected chi connectivity index (χ3v) is 14.0. The van der Waals surface area contributed by atoms with Gasteiger partial charge in [-0.3, -0.25) is 0 Å². The summed E-state index contributed by atoms with van der Waals surface area (Å²) in [4.78, 5) is 5.03. The fourth-order valence-corrected chi connectivity index (χ4v) is 11.0. The van der Waals surface area contributed by atoms with E-state index < -0.39 is 0 Å². The van der Waals surface area contributed by atoms with E-state index in [0.29, 0.717) is 0 Å². The van der Waals surface area contributed by atoms with E-state index in [0.717, 1.165) is 68.3 Å². The molecule has 13 rings (SSSR count). The van der Waals surface area contributed by atoms with Crippen molar-refractivity contribution in [1.82, 2.24) is 4.57 Å². The molecule has 5 heteroatoms. The number of anilines is 5. The van der Waals surface area contributed by atoms with Crippen LogP contribution in [0.4, 0.5) is 28.4 Å². The molecule has 0 aliphatic carbocycles. The zero-order valence-electron chi connectivity index (χ0n) is 36.9. The van der Waals surface area contributed by atoms with E-state index in [1.165, 1.54) is 74.4 Å². The molecular weight excluding hydrogens is 802 g/mol. The van der Waals surface area contributed by atoms with Gasteiger partial charge in [0, 0.05) is 44.5 Å². The van der Waals surface area contributed by atoms with Gasteiger partial charge in [-0.25, -0.2) is 0 Å². The third kappa shape index (κ3) is 6.00. The van der Waals surface area contributed by atoms with E-state index in [-0.39, 0.29) is 6.85 Å². The highest BCUT2D eigenvalue weighted by Crippen LogP contribution is 2.51. The highest BCUT2D eigenvalue weighted by atomic mass is 16.3. The van der Waals surface area contributed by atoms with Gasteiger partial charge >= 0.3 is 6.85 Å². The van der Waals surface area contributed by atoms with Crippen molar-refractivity contribution < 1.29 is 4.42 Å². The first-order chi connectivity index (χ1) is 32.7. The van der Waals surface area contributed by atoms with E-state index in [2.05, 4.69) is 234 Å². The second kappa shape index (κ2) is 15.6. The first-order valence-electron chi connectivity index (χ1n) is 23.4. The van der Waals surface area contributed by atoms with Crippen LogP contribution in [0.5, 0.6) is 0 Å². The third-order valence-electron chi connectivity index (χ3n) is 14.0. The number of furan rings is 1. The average molecular weight is 848 g/mol. The maximum absolute atomic E-state index is 7.37. The minimum atomic E-state index is -0.257. The number of hydrogen-bond acceptors (Lipinski definition) is 3. The van der Waals surface area contributed by atoms with Crippen molar-refractivity contribution in [2.24, 2.45) is 0 Å². The molecule has 9 aromatic carbocycles. The summed E-state index contributed by atoms with van der Waals surface area (Å²) < 4.78 is 9.93. The van der Waals surface area contributed by atoms with Crippen LogP contribution in [-0.4, -0.2) is 11.4 Å². The minimum absolute atomic E-state index is 0.257. The second-order valence-corrected chi connectivity index (χ2v) is 17.8. The zero-order valence-corrected chi connectivity index (χ0v) is 36.9. The van der Waals surface area contributed by atoms with Gasteiger partial charge in [0.15, 0.2) is 0 Å². The number of fused-ring (bicyclic) bond motifs is 10. The van der Waals surface area contributed by atoms with Crippen molar-refractivity contribution in [2.75, 3.05) is 9.71 Å². The van der Waals surface area contributed by atoms with Gasteiger partial charge in [-0.05, 0) is 124 Å². The molecule has 0 unspecified atom stereocenters. The van der Waals surface area contributed by atoms with Gasteiger partial charge in [0.2, 0.25) is 0 Å². The zero-order chi connectivity index (χ0) is 43.7. The number of para-hydroxylation sites is 3.